The van der Waals surface area contributed by atoms with Crippen molar-refractivity contribution in [2.24, 2.45) is 11.8 Å². The molecule has 0 amide bonds. The average molecular weight is 338 g/mol. The highest BCUT2D eigenvalue weighted by Crippen LogP contribution is 2.76. The number of quaternary nitrogens is 1. The van der Waals surface area contributed by atoms with Gasteiger partial charge in [-0.05, 0) is 0 Å². The molecule has 0 aromatic carbocycles. The fraction of sp³-hybridized carbons (Fsp3) is 1.00. The van der Waals surface area contributed by atoms with Gasteiger partial charge in [-0.25, -0.2) is 4.90 Å². The Bertz CT molecular complexity index is 448. The molecule has 2 saturated carbocycles. The predicted molar refractivity (Wildman–Crippen MR) is 76.1 cm³/mol. The normalized spacial score (nSPS) is 44.1. The van der Waals surface area contributed by atoms with Crippen LogP contribution in [0.25, 0.3) is 0 Å². The van der Waals surface area contributed by atoms with Gasteiger partial charge in [0.15, 0.2) is 5.66 Å². The van der Waals surface area contributed by atoms with Crippen molar-refractivity contribution in [1.29, 1.82) is 0 Å². The molecule has 4 bridgehead atoms. The predicted octanol–water partition coefficient (Wildman–Crippen LogP) is 1.58. The lowest BCUT2D eigenvalue weighted by atomic mass is 10.2. The number of ether oxygens (including phenoxy) is 2. The van der Waals surface area contributed by atoms with Crippen molar-refractivity contribution in [3.63, 3.8) is 0 Å². The Kier molecular flexibility index (Phi) is 3.72. The molecule has 4 saturated heterocycles. The summed E-state index contributed by atoms with van der Waals surface area (Å²) in [7, 11) is -6.00. The van der Waals surface area contributed by atoms with E-state index >= 15 is 0 Å². The molecule has 9 heteroatoms. The molecule has 4 heterocycles. The van der Waals surface area contributed by atoms with Gasteiger partial charge in [0, 0.05) is 37.8 Å². The smallest absolute Gasteiger partial charge is 0.418 e. The van der Waals surface area contributed by atoms with Crippen molar-refractivity contribution in [1.82, 2.24) is 4.90 Å². The number of morpholine rings is 2. The lowest BCUT2D eigenvalue weighted by Gasteiger charge is -2.50. The first kappa shape index (κ1) is 16.1. The Morgan fingerprint density at radius 1 is 0.870 bits per heavy atom. The molecular weight excluding hydrogens is 315 g/mol. The van der Waals surface area contributed by atoms with Gasteiger partial charge in [0.25, 0.3) is 0 Å². The molecule has 23 heavy (non-hydrogen) atoms. The average Bonchev–Trinajstić information content (AvgIpc) is 2.79. The maximum Gasteiger partial charge on any atom is 0.673 e. The monoisotopic (exact) mass is 338 g/mol. The second-order valence-corrected chi connectivity index (χ2v) is 7.31. The molecule has 0 aromatic rings. The Morgan fingerprint density at radius 2 is 1.35 bits per heavy atom. The highest BCUT2D eigenvalue weighted by molar-refractivity contribution is 6.50. The van der Waals surface area contributed by atoms with Crippen molar-refractivity contribution in [2.75, 3.05) is 52.6 Å². The molecule has 1 spiro atoms. The van der Waals surface area contributed by atoms with Crippen LogP contribution in [0.5, 0.6) is 0 Å². The largest absolute Gasteiger partial charge is 0.673 e. The molecule has 0 aromatic heterocycles. The zero-order valence-electron chi connectivity index (χ0n) is 13.1. The summed E-state index contributed by atoms with van der Waals surface area (Å²) in [5.41, 5.74) is 0.540. The van der Waals surface area contributed by atoms with Crippen molar-refractivity contribution in [2.45, 2.75) is 24.5 Å². The van der Waals surface area contributed by atoms with Crippen LogP contribution in [-0.4, -0.2) is 80.9 Å². The van der Waals surface area contributed by atoms with E-state index in [4.69, 9.17) is 9.47 Å². The molecule has 6 rings (SSSR count). The number of hydrogen-bond donors (Lipinski definition) is 0. The topological polar surface area (TPSA) is 21.7 Å². The standard InChI is InChI=1S/C14H23N2O2.BF4/c1-5-17-6-2-15(1)14-12-9-11(10-13(12)14)16(14)3-7-18-8-4-16;2-1(3,4)5/h11-13H,1-10H2;/q+1;-1/t11?,12-,13+,14?;. The summed E-state index contributed by atoms with van der Waals surface area (Å²) in [4.78, 5) is 2.82. The zero-order chi connectivity index (χ0) is 16.3. The van der Waals surface area contributed by atoms with E-state index < -0.39 is 7.25 Å². The molecule has 4 nitrogen and oxygen atoms in total. The minimum Gasteiger partial charge on any atom is -0.418 e. The number of hydrogen-bond acceptors (Lipinski definition) is 3. The van der Waals surface area contributed by atoms with Gasteiger partial charge >= 0.3 is 7.25 Å². The molecule has 6 fully saturated rings. The molecule has 4 aliphatic heterocycles. The van der Waals surface area contributed by atoms with Gasteiger partial charge in [-0.2, -0.15) is 0 Å². The maximum absolute atomic E-state index is 9.75. The second kappa shape index (κ2) is 5.31. The van der Waals surface area contributed by atoms with Crippen LogP contribution in [0.2, 0.25) is 0 Å². The molecule has 4 atom stereocenters. The van der Waals surface area contributed by atoms with E-state index in [1.807, 2.05) is 0 Å². The molecule has 2 aliphatic carbocycles. The van der Waals surface area contributed by atoms with Gasteiger partial charge in [0.1, 0.15) is 13.1 Å². The van der Waals surface area contributed by atoms with Crippen LogP contribution in [0, 0.1) is 11.8 Å². The van der Waals surface area contributed by atoms with E-state index in [-0.39, 0.29) is 0 Å². The molecule has 0 radical (unpaired) electrons. The highest BCUT2D eigenvalue weighted by atomic mass is 19.5. The number of halogens is 4. The van der Waals surface area contributed by atoms with Crippen LogP contribution < -0.4 is 0 Å². The fourth-order valence-electron chi connectivity index (χ4n) is 6.28. The first-order chi connectivity index (χ1) is 10.9. The summed E-state index contributed by atoms with van der Waals surface area (Å²) in [6, 6.07) is 0.965. The van der Waals surface area contributed by atoms with E-state index in [1.165, 1.54) is 43.5 Å². The summed E-state index contributed by atoms with van der Waals surface area (Å²) >= 11 is 0. The van der Waals surface area contributed by atoms with Gasteiger partial charge in [0.2, 0.25) is 0 Å². The Balaban J connectivity index is 0.000000240. The third-order valence-corrected chi connectivity index (χ3v) is 6.72. The lowest BCUT2D eigenvalue weighted by molar-refractivity contribution is -0.982. The van der Waals surface area contributed by atoms with E-state index in [0.29, 0.717) is 5.66 Å². The minimum atomic E-state index is -6.00. The van der Waals surface area contributed by atoms with Crippen LogP contribution in [0.4, 0.5) is 17.3 Å². The van der Waals surface area contributed by atoms with Crippen LogP contribution in [0.3, 0.4) is 0 Å². The van der Waals surface area contributed by atoms with E-state index in [2.05, 4.69) is 4.90 Å². The maximum atomic E-state index is 9.75. The van der Waals surface area contributed by atoms with E-state index in [1.54, 1.807) is 0 Å². The summed E-state index contributed by atoms with van der Waals surface area (Å²) in [5, 5.41) is 0. The van der Waals surface area contributed by atoms with E-state index in [9.17, 15) is 17.3 Å². The Labute approximate surface area is 133 Å². The number of nitrogens with zero attached hydrogens (tertiary/aromatic N) is 2. The second-order valence-electron chi connectivity index (χ2n) is 7.31. The van der Waals surface area contributed by atoms with Gasteiger partial charge < -0.3 is 26.7 Å². The van der Waals surface area contributed by atoms with Gasteiger partial charge in [0.05, 0.1) is 32.5 Å². The summed E-state index contributed by atoms with van der Waals surface area (Å²) in [5.74, 6) is 2.03. The molecule has 6 aliphatic rings. The summed E-state index contributed by atoms with van der Waals surface area (Å²) in [6.45, 7) is 8.75. The first-order valence-electron chi connectivity index (χ1n) is 8.54. The Morgan fingerprint density at radius 3 is 1.87 bits per heavy atom. The van der Waals surface area contributed by atoms with Gasteiger partial charge in [-0.15, -0.1) is 0 Å². The van der Waals surface area contributed by atoms with Crippen LogP contribution >= 0.6 is 0 Å². The van der Waals surface area contributed by atoms with Crippen LogP contribution in [0.1, 0.15) is 12.8 Å². The van der Waals surface area contributed by atoms with Crippen molar-refractivity contribution in [3.05, 3.63) is 0 Å². The summed E-state index contributed by atoms with van der Waals surface area (Å²) in [6.07, 6.45) is 3.00. The zero-order valence-corrected chi connectivity index (χ0v) is 13.1. The first-order valence-corrected chi connectivity index (χ1v) is 8.54. The van der Waals surface area contributed by atoms with Crippen molar-refractivity contribution >= 4 is 7.25 Å². The quantitative estimate of drug-likeness (QED) is 0.412. The molecule has 132 valence electrons. The third-order valence-electron chi connectivity index (χ3n) is 6.72. The lowest BCUT2D eigenvalue weighted by Crippen LogP contribution is -2.68. The van der Waals surface area contributed by atoms with Gasteiger partial charge in [-0.3, -0.25) is 4.48 Å². The number of rotatable bonds is 1. The van der Waals surface area contributed by atoms with Crippen LogP contribution in [0.15, 0.2) is 0 Å². The van der Waals surface area contributed by atoms with Crippen LogP contribution in [-0.2, 0) is 9.47 Å². The van der Waals surface area contributed by atoms with Crippen molar-refractivity contribution < 1.29 is 31.2 Å². The third kappa shape index (κ3) is 2.27. The molecule has 2 unspecified atom stereocenters. The SMILES string of the molecule is C1CN(C23[C@@H]4CC(C[C@@H]42)[N+]32CCOCC2)CCO1.F[B-](F)(F)F. The molecular formula is C14H23BF4N2O2. The highest BCUT2D eigenvalue weighted by Gasteiger charge is 2.90. The van der Waals surface area contributed by atoms with E-state index in [0.717, 1.165) is 44.3 Å². The summed E-state index contributed by atoms with van der Waals surface area (Å²) < 4.78 is 51.6. The fourth-order valence-corrected chi connectivity index (χ4v) is 6.28. The molecule has 0 N–H and O–H groups in total. The number of piperidine rings is 2. The Hall–Kier alpha value is -0.375. The van der Waals surface area contributed by atoms with Gasteiger partial charge in [-0.1, -0.05) is 0 Å². The van der Waals surface area contributed by atoms with Crippen molar-refractivity contribution in [3.8, 4) is 0 Å². The minimum absolute atomic E-state index is 0.540.